The van der Waals surface area contributed by atoms with Crippen molar-refractivity contribution in [1.82, 2.24) is 5.32 Å². The molecule has 84 valence electrons. The molecule has 1 aromatic rings. The maximum absolute atomic E-state index is 5.90. The summed E-state index contributed by atoms with van der Waals surface area (Å²) in [5.41, 5.74) is 1.09. The van der Waals surface area contributed by atoms with Crippen LogP contribution in [0.4, 0.5) is 0 Å². The van der Waals surface area contributed by atoms with E-state index >= 15 is 0 Å². The normalized spacial score (nSPS) is 11.5. The molecule has 0 aliphatic rings. The maximum atomic E-state index is 5.90. The van der Waals surface area contributed by atoms with Crippen LogP contribution in [0, 0.1) is 6.92 Å². The molecule has 0 saturated heterocycles. The summed E-state index contributed by atoms with van der Waals surface area (Å²) >= 11 is 0. The highest BCUT2D eigenvalue weighted by Gasteiger charge is 2.18. The van der Waals surface area contributed by atoms with E-state index in [0.29, 0.717) is 0 Å². The van der Waals surface area contributed by atoms with Crippen LogP contribution in [-0.2, 0) is 0 Å². The van der Waals surface area contributed by atoms with Gasteiger partial charge in [0.05, 0.1) is 0 Å². The Balaban J connectivity index is 2.56. The topological polar surface area (TPSA) is 21.3 Å². The van der Waals surface area contributed by atoms with E-state index in [1.165, 1.54) is 5.56 Å². The van der Waals surface area contributed by atoms with Gasteiger partial charge in [0, 0.05) is 6.54 Å². The summed E-state index contributed by atoms with van der Waals surface area (Å²) in [5.74, 6) is 0.934. The van der Waals surface area contributed by atoms with Crippen molar-refractivity contribution in [1.29, 1.82) is 0 Å². The lowest BCUT2D eigenvalue weighted by Gasteiger charge is -2.26. The third-order valence-electron chi connectivity index (χ3n) is 2.22. The SMILES string of the molecule is CCNCC(C)(C)Oc1ccc(C)cc1. The minimum absolute atomic E-state index is 0.161. The number of likely N-dealkylation sites (N-methyl/N-ethyl adjacent to an activating group) is 1. The van der Waals surface area contributed by atoms with Gasteiger partial charge in [-0.15, -0.1) is 0 Å². The van der Waals surface area contributed by atoms with E-state index < -0.39 is 0 Å². The van der Waals surface area contributed by atoms with Crippen LogP contribution in [-0.4, -0.2) is 18.7 Å². The van der Waals surface area contributed by atoms with Crippen LogP contribution in [0.15, 0.2) is 24.3 Å². The Hall–Kier alpha value is -1.02. The predicted molar refractivity (Wildman–Crippen MR) is 64.4 cm³/mol. The molecule has 0 aliphatic carbocycles. The summed E-state index contributed by atoms with van der Waals surface area (Å²) in [4.78, 5) is 0. The van der Waals surface area contributed by atoms with Crippen LogP contribution in [0.2, 0.25) is 0 Å². The lowest BCUT2D eigenvalue weighted by molar-refractivity contribution is 0.109. The van der Waals surface area contributed by atoms with Crippen molar-refractivity contribution in [3.8, 4) is 5.75 Å². The number of benzene rings is 1. The lowest BCUT2D eigenvalue weighted by atomic mass is 10.1. The van der Waals surface area contributed by atoms with Gasteiger partial charge >= 0.3 is 0 Å². The summed E-state index contributed by atoms with van der Waals surface area (Å²) in [6, 6.07) is 8.17. The molecule has 0 aliphatic heterocycles. The van der Waals surface area contributed by atoms with E-state index in [-0.39, 0.29) is 5.60 Å². The second-order valence-corrected chi connectivity index (χ2v) is 4.46. The van der Waals surface area contributed by atoms with Gasteiger partial charge in [0.25, 0.3) is 0 Å². The van der Waals surface area contributed by atoms with Crippen LogP contribution in [0.5, 0.6) is 5.75 Å². The van der Waals surface area contributed by atoms with E-state index in [9.17, 15) is 0 Å². The number of rotatable bonds is 5. The quantitative estimate of drug-likeness (QED) is 0.801. The van der Waals surface area contributed by atoms with Crippen molar-refractivity contribution in [2.75, 3.05) is 13.1 Å². The summed E-state index contributed by atoms with van der Waals surface area (Å²) in [6.45, 7) is 10.2. The molecule has 1 N–H and O–H groups in total. The molecule has 0 aromatic heterocycles. The van der Waals surface area contributed by atoms with Gasteiger partial charge in [-0.05, 0) is 39.4 Å². The Kier molecular flexibility index (Phi) is 4.15. The molecule has 0 atom stereocenters. The molecular weight excluding hydrogens is 186 g/mol. The van der Waals surface area contributed by atoms with Gasteiger partial charge in [-0.3, -0.25) is 0 Å². The minimum atomic E-state index is -0.161. The summed E-state index contributed by atoms with van der Waals surface area (Å²) in [6.07, 6.45) is 0. The Morgan fingerprint density at radius 1 is 1.20 bits per heavy atom. The Morgan fingerprint density at radius 2 is 1.80 bits per heavy atom. The second-order valence-electron chi connectivity index (χ2n) is 4.46. The molecule has 2 nitrogen and oxygen atoms in total. The first-order valence-electron chi connectivity index (χ1n) is 5.50. The molecule has 0 bridgehead atoms. The fraction of sp³-hybridized carbons (Fsp3) is 0.538. The first-order chi connectivity index (χ1) is 7.03. The predicted octanol–water partition coefficient (Wildman–Crippen LogP) is 2.76. The monoisotopic (exact) mass is 207 g/mol. The fourth-order valence-corrected chi connectivity index (χ4v) is 1.39. The molecule has 0 radical (unpaired) electrons. The summed E-state index contributed by atoms with van der Waals surface area (Å²) in [5, 5.41) is 3.30. The van der Waals surface area contributed by atoms with Crippen molar-refractivity contribution in [2.45, 2.75) is 33.3 Å². The number of ether oxygens (including phenoxy) is 1. The molecule has 1 aromatic carbocycles. The van der Waals surface area contributed by atoms with E-state index in [1.54, 1.807) is 0 Å². The largest absolute Gasteiger partial charge is 0.487 e. The number of aryl methyl sites for hydroxylation is 1. The first kappa shape index (κ1) is 12.1. The van der Waals surface area contributed by atoms with Crippen LogP contribution in [0.1, 0.15) is 26.3 Å². The minimum Gasteiger partial charge on any atom is -0.487 e. The fourth-order valence-electron chi connectivity index (χ4n) is 1.39. The Bertz CT molecular complexity index is 290. The van der Waals surface area contributed by atoms with Gasteiger partial charge in [-0.25, -0.2) is 0 Å². The van der Waals surface area contributed by atoms with Crippen LogP contribution < -0.4 is 10.1 Å². The zero-order valence-electron chi connectivity index (χ0n) is 10.1. The second kappa shape index (κ2) is 5.17. The number of nitrogens with one attached hydrogen (secondary N) is 1. The van der Waals surface area contributed by atoms with Gasteiger partial charge < -0.3 is 10.1 Å². The van der Waals surface area contributed by atoms with Crippen molar-refractivity contribution >= 4 is 0 Å². The molecule has 0 saturated carbocycles. The van der Waals surface area contributed by atoms with Crippen LogP contribution in [0.25, 0.3) is 0 Å². The average Bonchev–Trinajstić information content (AvgIpc) is 2.18. The van der Waals surface area contributed by atoms with Crippen LogP contribution >= 0.6 is 0 Å². The van der Waals surface area contributed by atoms with Crippen molar-refractivity contribution in [3.05, 3.63) is 29.8 Å². The third kappa shape index (κ3) is 4.34. The van der Waals surface area contributed by atoms with Crippen molar-refractivity contribution in [2.24, 2.45) is 0 Å². The number of hydrogen-bond donors (Lipinski definition) is 1. The molecule has 1 rings (SSSR count). The highest BCUT2D eigenvalue weighted by Crippen LogP contribution is 2.18. The molecule has 0 heterocycles. The van der Waals surface area contributed by atoms with Gasteiger partial charge in [-0.2, -0.15) is 0 Å². The number of hydrogen-bond acceptors (Lipinski definition) is 2. The van der Waals surface area contributed by atoms with Gasteiger partial charge in [0.1, 0.15) is 11.4 Å². The summed E-state index contributed by atoms with van der Waals surface area (Å²) < 4.78 is 5.90. The van der Waals surface area contributed by atoms with Crippen molar-refractivity contribution in [3.63, 3.8) is 0 Å². The van der Waals surface area contributed by atoms with E-state index in [4.69, 9.17) is 4.74 Å². The van der Waals surface area contributed by atoms with Gasteiger partial charge in [-0.1, -0.05) is 24.6 Å². The zero-order chi connectivity index (χ0) is 11.3. The van der Waals surface area contributed by atoms with Gasteiger partial charge in [0.2, 0.25) is 0 Å². The van der Waals surface area contributed by atoms with E-state index in [2.05, 4.69) is 45.1 Å². The van der Waals surface area contributed by atoms with E-state index in [0.717, 1.165) is 18.8 Å². The summed E-state index contributed by atoms with van der Waals surface area (Å²) in [7, 11) is 0. The molecule has 0 unspecified atom stereocenters. The molecule has 0 spiro atoms. The Labute approximate surface area is 92.6 Å². The van der Waals surface area contributed by atoms with E-state index in [1.807, 2.05) is 12.1 Å². The highest BCUT2D eigenvalue weighted by atomic mass is 16.5. The van der Waals surface area contributed by atoms with Gasteiger partial charge in [0.15, 0.2) is 0 Å². The molecular formula is C13H21NO. The highest BCUT2D eigenvalue weighted by molar-refractivity contribution is 5.26. The van der Waals surface area contributed by atoms with Crippen LogP contribution in [0.3, 0.4) is 0 Å². The Morgan fingerprint density at radius 3 is 2.33 bits per heavy atom. The molecule has 15 heavy (non-hydrogen) atoms. The first-order valence-corrected chi connectivity index (χ1v) is 5.50. The smallest absolute Gasteiger partial charge is 0.120 e. The zero-order valence-corrected chi connectivity index (χ0v) is 10.1. The third-order valence-corrected chi connectivity index (χ3v) is 2.22. The molecule has 0 fully saturated rings. The molecule has 2 heteroatoms. The standard InChI is InChI=1S/C13H21NO/c1-5-14-10-13(3,4)15-12-8-6-11(2)7-9-12/h6-9,14H,5,10H2,1-4H3. The lowest BCUT2D eigenvalue weighted by Crippen LogP contribution is -2.40. The van der Waals surface area contributed by atoms with Crippen molar-refractivity contribution < 1.29 is 4.74 Å². The maximum Gasteiger partial charge on any atom is 0.120 e. The average molecular weight is 207 g/mol. The molecule has 0 amide bonds.